The number of aromatic nitrogens is 2. The largest absolute Gasteiger partial charge is 0.448 e. The summed E-state index contributed by atoms with van der Waals surface area (Å²) in [5.41, 5.74) is 6.64. The second-order valence-electron chi connectivity index (χ2n) is 4.98. The maximum Gasteiger partial charge on any atom is 0.227 e. The van der Waals surface area contributed by atoms with Gasteiger partial charge in [0.1, 0.15) is 11.5 Å². The minimum Gasteiger partial charge on any atom is -0.448 e. The standard InChI is InChI=1S/C14H17BrN4O/c15-12-6-5-11(20-12)10-9-13(16)18-14(17-10)19-7-3-1-2-4-8-19/h5-6,9H,1-4,7-8H2,(H2,16,17,18). The van der Waals surface area contributed by atoms with Gasteiger partial charge >= 0.3 is 0 Å². The van der Waals surface area contributed by atoms with Crippen molar-refractivity contribution in [3.05, 3.63) is 22.9 Å². The van der Waals surface area contributed by atoms with E-state index in [1.165, 1.54) is 25.7 Å². The molecule has 2 aromatic rings. The van der Waals surface area contributed by atoms with Gasteiger partial charge < -0.3 is 15.1 Å². The molecule has 3 heterocycles. The number of furan rings is 1. The fourth-order valence-corrected chi connectivity index (χ4v) is 2.75. The molecule has 6 heteroatoms. The second-order valence-corrected chi connectivity index (χ2v) is 5.76. The Bertz CT molecular complexity index is 591. The first-order chi connectivity index (χ1) is 9.72. The molecule has 1 aliphatic rings. The van der Waals surface area contributed by atoms with Crippen LogP contribution in [0.3, 0.4) is 0 Å². The zero-order chi connectivity index (χ0) is 13.9. The van der Waals surface area contributed by atoms with Crippen molar-refractivity contribution in [2.24, 2.45) is 0 Å². The van der Waals surface area contributed by atoms with Crippen LogP contribution in [0.5, 0.6) is 0 Å². The molecule has 0 radical (unpaired) electrons. The van der Waals surface area contributed by atoms with Gasteiger partial charge in [0.2, 0.25) is 5.95 Å². The summed E-state index contributed by atoms with van der Waals surface area (Å²) < 4.78 is 6.23. The summed E-state index contributed by atoms with van der Waals surface area (Å²) in [5.74, 6) is 1.87. The van der Waals surface area contributed by atoms with E-state index in [0.717, 1.165) is 18.8 Å². The van der Waals surface area contributed by atoms with Crippen molar-refractivity contribution in [3.63, 3.8) is 0 Å². The molecule has 5 nitrogen and oxygen atoms in total. The van der Waals surface area contributed by atoms with Gasteiger partial charge in [0, 0.05) is 19.2 Å². The second kappa shape index (κ2) is 5.83. The Kier molecular flexibility index (Phi) is 3.91. The molecule has 0 aliphatic carbocycles. The van der Waals surface area contributed by atoms with Crippen LogP contribution in [0.2, 0.25) is 0 Å². The van der Waals surface area contributed by atoms with E-state index in [4.69, 9.17) is 10.2 Å². The highest BCUT2D eigenvalue weighted by atomic mass is 79.9. The zero-order valence-corrected chi connectivity index (χ0v) is 12.8. The van der Waals surface area contributed by atoms with Crippen molar-refractivity contribution >= 4 is 27.7 Å². The number of hydrogen-bond donors (Lipinski definition) is 1. The lowest BCUT2D eigenvalue weighted by Crippen LogP contribution is -2.26. The topological polar surface area (TPSA) is 68.2 Å². The number of hydrogen-bond acceptors (Lipinski definition) is 5. The lowest BCUT2D eigenvalue weighted by molar-refractivity contribution is 0.553. The number of nitrogen functional groups attached to an aromatic ring is 1. The van der Waals surface area contributed by atoms with E-state index >= 15 is 0 Å². The molecule has 3 rings (SSSR count). The van der Waals surface area contributed by atoms with Crippen molar-refractivity contribution in [2.75, 3.05) is 23.7 Å². The Morgan fingerprint density at radius 3 is 2.50 bits per heavy atom. The fourth-order valence-electron chi connectivity index (χ4n) is 2.44. The third-order valence-electron chi connectivity index (χ3n) is 3.45. The molecule has 1 fully saturated rings. The monoisotopic (exact) mass is 336 g/mol. The maximum atomic E-state index is 5.92. The van der Waals surface area contributed by atoms with Crippen molar-refractivity contribution in [2.45, 2.75) is 25.7 Å². The van der Waals surface area contributed by atoms with Gasteiger partial charge in [-0.05, 0) is 40.9 Å². The molecule has 0 amide bonds. The molecule has 0 atom stereocenters. The van der Waals surface area contributed by atoms with E-state index in [0.29, 0.717) is 22.2 Å². The number of nitrogens with zero attached hydrogens (tertiary/aromatic N) is 3. The minimum absolute atomic E-state index is 0.474. The molecule has 2 N–H and O–H groups in total. The van der Waals surface area contributed by atoms with Crippen LogP contribution in [0.25, 0.3) is 11.5 Å². The van der Waals surface area contributed by atoms with Crippen LogP contribution in [0, 0.1) is 0 Å². The van der Waals surface area contributed by atoms with Crippen molar-refractivity contribution < 1.29 is 4.42 Å². The highest BCUT2D eigenvalue weighted by Crippen LogP contribution is 2.26. The third kappa shape index (κ3) is 2.95. The van der Waals surface area contributed by atoms with Crippen molar-refractivity contribution in [1.82, 2.24) is 9.97 Å². The molecule has 0 bridgehead atoms. The summed E-state index contributed by atoms with van der Waals surface area (Å²) >= 11 is 3.30. The van der Waals surface area contributed by atoms with Gasteiger partial charge in [0.25, 0.3) is 0 Å². The van der Waals surface area contributed by atoms with Crippen LogP contribution in [0.1, 0.15) is 25.7 Å². The molecule has 20 heavy (non-hydrogen) atoms. The molecule has 1 saturated heterocycles. The lowest BCUT2D eigenvalue weighted by atomic mass is 10.2. The first kappa shape index (κ1) is 13.4. The third-order valence-corrected chi connectivity index (χ3v) is 3.87. The van der Waals surface area contributed by atoms with Crippen LogP contribution < -0.4 is 10.6 Å². The molecule has 106 valence electrons. The average Bonchev–Trinajstić information content (AvgIpc) is 2.71. The normalized spacial score (nSPS) is 16.1. The van der Waals surface area contributed by atoms with Gasteiger partial charge in [-0.3, -0.25) is 0 Å². The Morgan fingerprint density at radius 1 is 1.10 bits per heavy atom. The Morgan fingerprint density at radius 2 is 1.85 bits per heavy atom. The SMILES string of the molecule is Nc1cc(-c2ccc(Br)o2)nc(N2CCCCCC2)n1. The van der Waals surface area contributed by atoms with Crippen LogP contribution in [-0.4, -0.2) is 23.1 Å². The zero-order valence-electron chi connectivity index (χ0n) is 11.2. The van der Waals surface area contributed by atoms with Crippen LogP contribution >= 0.6 is 15.9 Å². The summed E-state index contributed by atoms with van der Waals surface area (Å²) in [7, 11) is 0. The Labute approximate surface area is 126 Å². The predicted molar refractivity (Wildman–Crippen MR) is 82.5 cm³/mol. The van der Waals surface area contributed by atoms with Gasteiger partial charge in [0.15, 0.2) is 10.4 Å². The van der Waals surface area contributed by atoms with Gasteiger partial charge in [-0.2, -0.15) is 4.98 Å². The van der Waals surface area contributed by atoms with E-state index < -0.39 is 0 Å². The first-order valence-corrected chi connectivity index (χ1v) is 7.67. The van der Waals surface area contributed by atoms with E-state index in [2.05, 4.69) is 30.8 Å². The molecular weight excluding hydrogens is 320 g/mol. The fraction of sp³-hybridized carbons (Fsp3) is 0.429. The van der Waals surface area contributed by atoms with Crippen LogP contribution in [0.15, 0.2) is 27.3 Å². The van der Waals surface area contributed by atoms with E-state index in [-0.39, 0.29) is 0 Å². The van der Waals surface area contributed by atoms with Crippen molar-refractivity contribution in [1.29, 1.82) is 0 Å². The van der Waals surface area contributed by atoms with Gasteiger partial charge in [-0.1, -0.05) is 12.8 Å². The molecule has 0 unspecified atom stereocenters. The molecule has 1 aliphatic heterocycles. The van der Waals surface area contributed by atoms with E-state index in [9.17, 15) is 0 Å². The van der Waals surface area contributed by atoms with Crippen molar-refractivity contribution in [3.8, 4) is 11.5 Å². The van der Waals surface area contributed by atoms with Crippen LogP contribution in [-0.2, 0) is 0 Å². The summed E-state index contributed by atoms with van der Waals surface area (Å²) in [6, 6.07) is 5.46. The summed E-state index contributed by atoms with van der Waals surface area (Å²) in [6.07, 6.45) is 4.91. The summed E-state index contributed by atoms with van der Waals surface area (Å²) in [6.45, 7) is 1.98. The smallest absolute Gasteiger partial charge is 0.227 e. The highest BCUT2D eigenvalue weighted by Gasteiger charge is 2.15. The van der Waals surface area contributed by atoms with Crippen LogP contribution in [0.4, 0.5) is 11.8 Å². The van der Waals surface area contributed by atoms with E-state index in [1.54, 1.807) is 6.07 Å². The minimum atomic E-state index is 0.474. The first-order valence-electron chi connectivity index (χ1n) is 6.87. The number of nitrogens with two attached hydrogens (primary N) is 1. The molecular formula is C14H17BrN4O. The van der Waals surface area contributed by atoms with Gasteiger partial charge in [-0.25, -0.2) is 4.98 Å². The quantitative estimate of drug-likeness (QED) is 0.909. The molecule has 0 saturated carbocycles. The molecule has 0 spiro atoms. The Balaban J connectivity index is 1.93. The Hall–Kier alpha value is -1.56. The lowest BCUT2D eigenvalue weighted by Gasteiger charge is -2.20. The number of anilines is 2. The van der Waals surface area contributed by atoms with Gasteiger partial charge in [-0.15, -0.1) is 0 Å². The summed E-state index contributed by atoms with van der Waals surface area (Å²) in [4.78, 5) is 11.2. The van der Waals surface area contributed by atoms with E-state index in [1.807, 2.05) is 12.1 Å². The number of rotatable bonds is 2. The molecule has 2 aromatic heterocycles. The number of halogens is 1. The van der Waals surface area contributed by atoms with Gasteiger partial charge in [0.05, 0.1) is 0 Å². The average molecular weight is 337 g/mol. The predicted octanol–water partition coefficient (Wildman–Crippen LogP) is 3.46. The molecule has 0 aromatic carbocycles. The maximum absolute atomic E-state index is 5.92. The highest BCUT2D eigenvalue weighted by molar-refractivity contribution is 9.10. The summed E-state index contributed by atoms with van der Waals surface area (Å²) in [5, 5.41) is 0.